The van der Waals surface area contributed by atoms with Gasteiger partial charge < -0.3 is 19.9 Å². The molecule has 0 radical (unpaired) electrons. The molecule has 2 atom stereocenters. The molecule has 168 valence electrons. The maximum absolute atomic E-state index is 13.1. The fraction of sp³-hybridized carbons (Fsp3) is 0.682. The lowest BCUT2D eigenvalue weighted by Crippen LogP contribution is -2.48. The number of nitrogens with zero attached hydrogens (tertiary/aromatic N) is 3. The van der Waals surface area contributed by atoms with Crippen LogP contribution in [0.2, 0.25) is 0 Å². The molecule has 0 bridgehead atoms. The molecule has 30 heavy (non-hydrogen) atoms. The van der Waals surface area contributed by atoms with Crippen molar-refractivity contribution in [2.45, 2.75) is 39.0 Å². The first-order valence-electron chi connectivity index (χ1n) is 10.9. The number of hydrogen-bond acceptors (Lipinski definition) is 3. The summed E-state index contributed by atoms with van der Waals surface area (Å²) < 4.78 is 45.1. The van der Waals surface area contributed by atoms with Crippen LogP contribution in [-0.2, 0) is 10.9 Å². The summed E-state index contributed by atoms with van der Waals surface area (Å²) in [6.45, 7) is 10.7. The van der Waals surface area contributed by atoms with E-state index >= 15 is 0 Å². The highest BCUT2D eigenvalue weighted by molar-refractivity contribution is 5.80. The number of alkyl halides is 3. The number of morpholine rings is 1. The summed E-state index contributed by atoms with van der Waals surface area (Å²) in [5, 5.41) is 3.35. The van der Waals surface area contributed by atoms with E-state index in [0.717, 1.165) is 38.2 Å². The molecule has 0 amide bonds. The highest BCUT2D eigenvalue weighted by Gasteiger charge is 2.32. The minimum atomic E-state index is -4.35. The number of nitrogens with one attached hydrogen (secondary N) is 1. The fourth-order valence-corrected chi connectivity index (χ4v) is 4.19. The van der Waals surface area contributed by atoms with Crippen molar-refractivity contribution in [1.82, 2.24) is 15.1 Å². The number of guanidine groups is 1. The fourth-order valence-electron chi connectivity index (χ4n) is 4.19. The zero-order chi connectivity index (χ0) is 21.6. The average Bonchev–Trinajstić information content (AvgIpc) is 2.76. The largest absolute Gasteiger partial charge is 0.416 e. The molecule has 0 spiro atoms. The number of rotatable bonds is 5. The lowest BCUT2D eigenvalue weighted by Gasteiger charge is -2.36. The maximum Gasteiger partial charge on any atom is 0.416 e. The first-order valence-corrected chi connectivity index (χ1v) is 10.9. The first-order chi connectivity index (χ1) is 14.4. The van der Waals surface area contributed by atoms with Gasteiger partial charge in [-0.05, 0) is 56.5 Å². The number of ether oxygens (including phenoxy) is 1. The number of halogens is 3. The van der Waals surface area contributed by atoms with Gasteiger partial charge in [0.2, 0.25) is 0 Å². The van der Waals surface area contributed by atoms with Crippen LogP contribution in [-0.4, -0.2) is 68.2 Å². The lowest BCUT2D eigenvalue weighted by atomic mass is 9.98. The van der Waals surface area contributed by atoms with Crippen LogP contribution in [0.4, 0.5) is 13.2 Å². The van der Waals surface area contributed by atoms with Gasteiger partial charge in [-0.3, -0.25) is 4.99 Å². The molecule has 3 rings (SSSR count). The molecule has 0 aromatic heterocycles. The molecule has 2 heterocycles. The number of piperidine rings is 1. The van der Waals surface area contributed by atoms with Gasteiger partial charge in [-0.25, -0.2) is 0 Å². The molecule has 2 aliphatic heterocycles. The first kappa shape index (κ1) is 22.9. The van der Waals surface area contributed by atoms with E-state index in [1.54, 1.807) is 6.07 Å². The molecule has 1 aromatic carbocycles. The predicted octanol–water partition coefficient (Wildman–Crippen LogP) is 3.78. The zero-order valence-electron chi connectivity index (χ0n) is 17.9. The monoisotopic (exact) mass is 426 g/mol. The molecule has 2 unspecified atom stereocenters. The van der Waals surface area contributed by atoms with E-state index in [9.17, 15) is 13.2 Å². The Morgan fingerprint density at radius 3 is 2.80 bits per heavy atom. The van der Waals surface area contributed by atoms with Gasteiger partial charge >= 0.3 is 6.18 Å². The molecule has 0 saturated carbocycles. The van der Waals surface area contributed by atoms with Crippen molar-refractivity contribution in [3.05, 3.63) is 35.4 Å². The smallest absolute Gasteiger partial charge is 0.370 e. The number of likely N-dealkylation sites (tertiary alicyclic amines) is 1. The van der Waals surface area contributed by atoms with E-state index in [-0.39, 0.29) is 0 Å². The topological polar surface area (TPSA) is 40.1 Å². The summed E-state index contributed by atoms with van der Waals surface area (Å²) in [5.41, 5.74) is -0.0877. The number of benzene rings is 1. The maximum atomic E-state index is 13.1. The normalized spacial score (nSPS) is 24.2. The van der Waals surface area contributed by atoms with E-state index in [0.29, 0.717) is 31.2 Å². The van der Waals surface area contributed by atoms with Crippen LogP contribution in [0.3, 0.4) is 0 Å². The van der Waals surface area contributed by atoms with Crippen LogP contribution < -0.4 is 5.32 Å². The van der Waals surface area contributed by atoms with Crippen molar-refractivity contribution >= 4 is 5.96 Å². The second kappa shape index (κ2) is 10.5. The van der Waals surface area contributed by atoms with E-state index in [4.69, 9.17) is 9.73 Å². The van der Waals surface area contributed by atoms with Crippen molar-refractivity contribution in [1.29, 1.82) is 0 Å². The standard InChI is InChI=1S/C22H33F3N4O/c1-3-26-21(27-14-17-7-6-10-28(4-2)15-17)29-11-12-30-20(16-29)18-8-5-9-19(13-18)22(23,24)25/h5,8-9,13,17,20H,3-4,6-7,10-12,14-16H2,1-2H3,(H,26,27). The number of aliphatic imine (C=N–C) groups is 1. The molecule has 2 saturated heterocycles. The van der Waals surface area contributed by atoms with Crippen LogP contribution >= 0.6 is 0 Å². The van der Waals surface area contributed by atoms with E-state index < -0.39 is 17.8 Å². The molecule has 1 aromatic rings. The molecular weight excluding hydrogens is 393 g/mol. The summed E-state index contributed by atoms with van der Waals surface area (Å²) in [6, 6.07) is 5.44. The quantitative estimate of drug-likeness (QED) is 0.575. The van der Waals surface area contributed by atoms with Crippen molar-refractivity contribution in [3.63, 3.8) is 0 Å². The van der Waals surface area contributed by atoms with Crippen LogP contribution in [0.15, 0.2) is 29.3 Å². The average molecular weight is 427 g/mol. The number of hydrogen-bond donors (Lipinski definition) is 1. The van der Waals surface area contributed by atoms with Crippen molar-refractivity contribution in [3.8, 4) is 0 Å². The van der Waals surface area contributed by atoms with E-state index in [2.05, 4.69) is 22.0 Å². The van der Waals surface area contributed by atoms with Gasteiger partial charge in [0.1, 0.15) is 6.10 Å². The van der Waals surface area contributed by atoms with Gasteiger partial charge in [0.25, 0.3) is 0 Å². The van der Waals surface area contributed by atoms with Crippen LogP contribution in [0.1, 0.15) is 43.9 Å². The van der Waals surface area contributed by atoms with Crippen molar-refractivity contribution in [2.24, 2.45) is 10.9 Å². The second-order valence-corrected chi connectivity index (χ2v) is 8.02. The minimum Gasteiger partial charge on any atom is -0.370 e. The zero-order valence-corrected chi connectivity index (χ0v) is 17.9. The van der Waals surface area contributed by atoms with Crippen LogP contribution in [0.5, 0.6) is 0 Å². The Bertz CT molecular complexity index is 710. The molecule has 2 fully saturated rings. The Kier molecular flexibility index (Phi) is 7.99. The molecule has 1 N–H and O–H groups in total. The lowest BCUT2D eigenvalue weighted by molar-refractivity contribution is -0.137. The molecule has 5 nitrogen and oxygen atoms in total. The van der Waals surface area contributed by atoms with Crippen LogP contribution in [0, 0.1) is 5.92 Å². The third-order valence-electron chi connectivity index (χ3n) is 5.84. The van der Waals surface area contributed by atoms with E-state index in [1.807, 2.05) is 6.92 Å². The van der Waals surface area contributed by atoms with Gasteiger partial charge in [0.15, 0.2) is 5.96 Å². The highest BCUT2D eigenvalue weighted by Crippen LogP contribution is 2.32. The molecule has 8 heteroatoms. The van der Waals surface area contributed by atoms with Crippen molar-refractivity contribution < 1.29 is 17.9 Å². The summed E-state index contributed by atoms with van der Waals surface area (Å²) in [5.74, 6) is 1.37. The Hall–Kier alpha value is -1.80. The SMILES string of the molecule is CCNC(=NCC1CCCN(CC)C1)N1CCOC(c2cccc(C(F)(F)F)c2)C1. The highest BCUT2D eigenvalue weighted by atomic mass is 19.4. The third-order valence-corrected chi connectivity index (χ3v) is 5.84. The minimum absolute atomic E-state index is 0.407. The Morgan fingerprint density at radius 2 is 2.07 bits per heavy atom. The van der Waals surface area contributed by atoms with Gasteiger partial charge in [0, 0.05) is 26.2 Å². The van der Waals surface area contributed by atoms with Gasteiger partial charge in [-0.2, -0.15) is 13.2 Å². The molecule has 0 aliphatic carbocycles. The van der Waals surface area contributed by atoms with Crippen molar-refractivity contribution in [2.75, 3.05) is 52.4 Å². The van der Waals surface area contributed by atoms with Gasteiger partial charge in [-0.15, -0.1) is 0 Å². The summed E-state index contributed by atoms with van der Waals surface area (Å²) in [7, 11) is 0. The van der Waals surface area contributed by atoms with E-state index in [1.165, 1.54) is 31.5 Å². The Morgan fingerprint density at radius 1 is 1.23 bits per heavy atom. The molecular formula is C22H33F3N4O. The summed E-state index contributed by atoms with van der Waals surface area (Å²) in [6.07, 6.45) is -2.36. The predicted molar refractivity (Wildman–Crippen MR) is 113 cm³/mol. The van der Waals surface area contributed by atoms with Gasteiger partial charge in [0.05, 0.1) is 18.7 Å². The Balaban J connectivity index is 1.68. The van der Waals surface area contributed by atoms with Crippen LogP contribution in [0.25, 0.3) is 0 Å². The summed E-state index contributed by atoms with van der Waals surface area (Å²) in [4.78, 5) is 9.46. The summed E-state index contributed by atoms with van der Waals surface area (Å²) >= 11 is 0. The van der Waals surface area contributed by atoms with Gasteiger partial charge in [-0.1, -0.05) is 19.1 Å². The molecule has 2 aliphatic rings. The second-order valence-electron chi connectivity index (χ2n) is 8.02. The third kappa shape index (κ3) is 6.11. The Labute approximate surface area is 177 Å².